The molecule has 0 atom stereocenters. The molecule has 1 aromatic heterocycles. The van der Waals surface area contributed by atoms with E-state index in [-0.39, 0.29) is 11.9 Å². The van der Waals surface area contributed by atoms with E-state index in [9.17, 15) is 4.79 Å². The van der Waals surface area contributed by atoms with Crippen LogP contribution in [0.5, 0.6) is 0 Å². The van der Waals surface area contributed by atoms with Gasteiger partial charge in [0.1, 0.15) is 5.82 Å². The van der Waals surface area contributed by atoms with Crippen molar-refractivity contribution in [3.8, 4) is 0 Å². The number of hydrogen-bond donors (Lipinski definition) is 3. The molecule has 0 saturated carbocycles. The molecule has 2 rings (SSSR count). The van der Waals surface area contributed by atoms with E-state index in [1.807, 2.05) is 30.5 Å². The zero-order chi connectivity index (χ0) is 17.9. The van der Waals surface area contributed by atoms with Crippen LogP contribution in [0.25, 0.3) is 0 Å². The molecule has 24 heavy (non-hydrogen) atoms. The van der Waals surface area contributed by atoms with E-state index in [1.54, 1.807) is 0 Å². The highest BCUT2D eigenvalue weighted by Crippen LogP contribution is 2.24. The summed E-state index contributed by atoms with van der Waals surface area (Å²) in [4.78, 5) is 12.1. The minimum absolute atomic E-state index is 0.232. The van der Waals surface area contributed by atoms with Gasteiger partial charge in [-0.05, 0) is 49.3 Å². The van der Waals surface area contributed by atoms with Crippen molar-refractivity contribution in [2.24, 2.45) is 0 Å². The molecule has 6 nitrogen and oxygen atoms in total. The Morgan fingerprint density at radius 2 is 2.00 bits per heavy atom. The fourth-order valence-corrected chi connectivity index (χ4v) is 3.45. The number of anilines is 1. The smallest absolute Gasteiger partial charge is 0.319 e. The number of hydrogen-bond acceptors (Lipinski definition) is 3. The average molecular weight is 412 g/mol. The van der Waals surface area contributed by atoms with Crippen LogP contribution in [0.3, 0.4) is 0 Å². The monoisotopic (exact) mass is 411 g/mol. The predicted molar refractivity (Wildman–Crippen MR) is 102 cm³/mol. The Labute approximate surface area is 155 Å². The third kappa shape index (κ3) is 4.45. The first-order chi connectivity index (χ1) is 11.3. The molecule has 0 aliphatic carbocycles. The van der Waals surface area contributed by atoms with Gasteiger partial charge in [0.05, 0.1) is 0 Å². The second-order valence-electron chi connectivity index (χ2n) is 5.99. The van der Waals surface area contributed by atoms with Gasteiger partial charge in [0, 0.05) is 29.2 Å². The van der Waals surface area contributed by atoms with Crippen LogP contribution in [0.4, 0.5) is 10.5 Å². The van der Waals surface area contributed by atoms with Crippen molar-refractivity contribution in [2.45, 2.75) is 40.2 Å². The van der Waals surface area contributed by atoms with Gasteiger partial charge < -0.3 is 15.2 Å². The van der Waals surface area contributed by atoms with E-state index in [2.05, 4.69) is 50.6 Å². The summed E-state index contributed by atoms with van der Waals surface area (Å²) >= 11 is 8.69. The second-order valence-corrected chi connectivity index (χ2v) is 7.29. The summed E-state index contributed by atoms with van der Waals surface area (Å²) in [6.07, 6.45) is 0. The summed E-state index contributed by atoms with van der Waals surface area (Å²) in [7, 11) is 0. The Kier molecular flexibility index (Phi) is 6.17. The number of carbonyl (C=O) groups excluding carboxylic acids is 1. The van der Waals surface area contributed by atoms with E-state index in [4.69, 9.17) is 12.2 Å². The van der Waals surface area contributed by atoms with Crippen molar-refractivity contribution in [3.05, 3.63) is 38.3 Å². The maximum atomic E-state index is 12.1. The van der Waals surface area contributed by atoms with E-state index < -0.39 is 0 Å². The Morgan fingerprint density at radius 1 is 1.38 bits per heavy atom. The van der Waals surface area contributed by atoms with Crippen molar-refractivity contribution in [3.63, 3.8) is 0 Å². The average Bonchev–Trinajstić information content (AvgIpc) is 2.84. The van der Waals surface area contributed by atoms with Gasteiger partial charge in [-0.25, -0.2) is 4.79 Å². The van der Waals surface area contributed by atoms with Gasteiger partial charge in [-0.15, -0.1) is 0 Å². The number of amides is 2. The summed E-state index contributed by atoms with van der Waals surface area (Å²) < 4.78 is 3.48. The van der Waals surface area contributed by atoms with Gasteiger partial charge in [-0.2, -0.15) is 5.10 Å². The lowest BCUT2D eigenvalue weighted by Gasteiger charge is -2.14. The van der Waals surface area contributed by atoms with Crippen molar-refractivity contribution >= 4 is 39.9 Å². The predicted octanol–water partition coefficient (Wildman–Crippen LogP) is 4.27. The number of rotatable bonds is 5. The highest BCUT2D eigenvalue weighted by Gasteiger charge is 2.11. The lowest BCUT2D eigenvalue weighted by molar-refractivity contribution is 0.251. The molecule has 1 heterocycles. The maximum absolute atomic E-state index is 12.1. The molecule has 0 bridgehead atoms. The molecule has 0 fully saturated rings. The number of nitrogens with zero attached hydrogens (tertiary/aromatic N) is 2. The Morgan fingerprint density at radius 3 is 2.58 bits per heavy atom. The fraction of sp³-hybridized carbons (Fsp3) is 0.438. The highest BCUT2D eigenvalue weighted by molar-refractivity contribution is 9.10. The van der Waals surface area contributed by atoms with Crippen LogP contribution in [0.1, 0.15) is 36.7 Å². The topological polar surface area (TPSA) is 74.7 Å². The van der Waals surface area contributed by atoms with Crippen molar-refractivity contribution in [2.75, 3.05) is 11.9 Å². The van der Waals surface area contributed by atoms with Crippen LogP contribution in [0.15, 0.2) is 16.6 Å². The summed E-state index contributed by atoms with van der Waals surface area (Å²) in [6.45, 7) is 9.09. The van der Waals surface area contributed by atoms with Gasteiger partial charge >= 0.3 is 6.03 Å². The number of aromatic nitrogens is 3. The molecular formula is C16H22BrN5OS. The number of carbonyl (C=O) groups is 1. The lowest BCUT2D eigenvalue weighted by Crippen LogP contribution is -2.32. The Hall–Kier alpha value is -1.67. The van der Waals surface area contributed by atoms with Gasteiger partial charge in [-0.3, -0.25) is 5.10 Å². The second kappa shape index (κ2) is 7.94. The molecule has 0 aliphatic rings. The first kappa shape index (κ1) is 18.7. The molecule has 0 saturated heterocycles. The van der Waals surface area contributed by atoms with E-state index in [0.717, 1.165) is 27.1 Å². The lowest BCUT2D eigenvalue weighted by atomic mass is 10.1. The Bertz CT molecular complexity index is 773. The normalized spacial score (nSPS) is 10.9. The largest absolute Gasteiger partial charge is 0.336 e. The summed E-state index contributed by atoms with van der Waals surface area (Å²) in [5.74, 6) is 1.15. The quantitative estimate of drug-likeness (QED) is 0.643. The number of aryl methyl sites for hydroxylation is 2. The molecule has 0 spiro atoms. The first-order valence-electron chi connectivity index (χ1n) is 7.76. The summed E-state index contributed by atoms with van der Waals surface area (Å²) in [5.41, 5.74) is 2.85. The third-order valence-electron chi connectivity index (χ3n) is 3.66. The molecular weight excluding hydrogens is 390 g/mol. The zero-order valence-electron chi connectivity index (χ0n) is 14.2. The molecule has 0 aliphatic heterocycles. The van der Waals surface area contributed by atoms with Gasteiger partial charge in [0.25, 0.3) is 0 Å². The molecule has 8 heteroatoms. The molecule has 130 valence electrons. The van der Waals surface area contributed by atoms with Crippen molar-refractivity contribution < 1.29 is 4.79 Å². The zero-order valence-corrected chi connectivity index (χ0v) is 16.6. The number of urea groups is 1. The maximum Gasteiger partial charge on any atom is 0.319 e. The van der Waals surface area contributed by atoms with E-state index in [1.165, 1.54) is 0 Å². The SMILES string of the molecule is Cc1cc(Br)cc(C)c1NC(=O)NCCn1c(C(C)C)n[nH]c1=S. The minimum atomic E-state index is -0.232. The van der Waals surface area contributed by atoms with Crippen LogP contribution in [0, 0.1) is 18.6 Å². The first-order valence-corrected chi connectivity index (χ1v) is 8.96. The molecule has 0 radical (unpaired) electrons. The van der Waals surface area contributed by atoms with E-state index in [0.29, 0.717) is 17.9 Å². The summed E-state index contributed by atoms with van der Waals surface area (Å²) in [6, 6.07) is 3.72. The minimum Gasteiger partial charge on any atom is -0.336 e. The van der Waals surface area contributed by atoms with Crippen LogP contribution in [-0.4, -0.2) is 27.3 Å². The molecule has 3 N–H and O–H groups in total. The standard InChI is InChI=1S/C16H22BrN5OS/c1-9(2)14-20-21-16(24)22(14)6-5-18-15(23)19-13-10(3)7-12(17)8-11(13)4/h7-9H,5-6H2,1-4H3,(H,21,24)(H2,18,19,23). The number of benzene rings is 1. The third-order valence-corrected chi connectivity index (χ3v) is 4.43. The number of aromatic amines is 1. The number of H-pyrrole nitrogens is 1. The van der Waals surface area contributed by atoms with Crippen LogP contribution < -0.4 is 10.6 Å². The fourth-order valence-electron chi connectivity index (χ4n) is 2.53. The molecule has 1 aromatic carbocycles. The van der Waals surface area contributed by atoms with Crippen LogP contribution >= 0.6 is 28.1 Å². The van der Waals surface area contributed by atoms with Crippen LogP contribution in [-0.2, 0) is 6.54 Å². The van der Waals surface area contributed by atoms with Gasteiger partial charge in [0.2, 0.25) is 0 Å². The van der Waals surface area contributed by atoms with E-state index >= 15 is 0 Å². The molecule has 2 amide bonds. The Balaban J connectivity index is 1.96. The van der Waals surface area contributed by atoms with Gasteiger partial charge in [0.15, 0.2) is 4.77 Å². The van der Waals surface area contributed by atoms with Crippen LogP contribution in [0.2, 0.25) is 0 Å². The highest BCUT2D eigenvalue weighted by atomic mass is 79.9. The van der Waals surface area contributed by atoms with Gasteiger partial charge in [-0.1, -0.05) is 29.8 Å². The summed E-state index contributed by atoms with van der Waals surface area (Å²) in [5, 5.41) is 12.8. The molecule has 2 aromatic rings. The van der Waals surface area contributed by atoms with Crippen molar-refractivity contribution in [1.29, 1.82) is 0 Å². The number of nitrogens with one attached hydrogen (secondary N) is 3. The molecule has 0 unspecified atom stereocenters. The van der Waals surface area contributed by atoms with Crippen molar-refractivity contribution in [1.82, 2.24) is 20.1 Å². The number of halogens is 1.